The zero-order valence-corrected chi connectivity index (χ0v) is 31.1. The Bertz CT molecular complexity index is 1970. The van der Waals surface area contributed by atoms with Crippen LogP contribution in [0.1, 0.15) is 67.3 Å². The molecule has 252 valence electrons. The summed E-state index contributed by atoms with van der Waals surface area (Å²) in [5.41, 5.74) is 4.27. The quantitative estimate of drug-likeness (QED) is 0.132. The summed E-state index contributed by atoms with van der Waals surface area (Å²) in [4.78, 5) is 0. The molecule has 0 bridgehead atoms. The van der Waals surface area contributed by atoms with E-state index >= 15 is 0 Å². The average Bonchev–Trinajstić information content (AvgIpc) is 3.61. The second kappa shape index (κ2) is 10.3. The van der Waals surface area contributed by atoms with Crippen molar-refractivity contribution < 1.29 is 47.3 Å². The summed E-state index contributed by atoms with van der Waals surface area (Å²) < 4.78 is 101. The van der Waals surface area contributed by atoms with E-state index < -0.39 is 46.0 Å². The Kier molecular flexibility index (Phi) is 7.43. The van der Waals surface area contributed by atoms with E-state index in [2.05, 4.69) is 21.4 Å². The zero-order chi connectivity index (χ0) is 34.9. The summed E-state index contributed by atoms with van der Waals surface area (Å²) in [6, 6.07) is 25.2. The van der Waals surface area contributed by atoms with Crippen LogP contribution in [-0.2, 0) is 27.7 Å². The van der Waals surface area contributed by atoms with Crippen molar-refractivity contribution in [2.75, 3.05) is 0 Å². The number of hydrogen-bond acceptors (Lipinski definition) is 2. The van der Waals surface area contributed by atoms with Crippen LogP contribution < -0.4 is 5.63 Å². The van der Waals surface area contributed by atoms with Crippen LogP contribution in [-0.4, -0.2) is 6.88 Å². The van der Waals surface area contributed by atoms with Gasteiger partial charge >= 0.3 is 275 Å². The number of rotatable bonds is 8. The van der Waals surface area contributed by atoms with Gasteiger partial charge in [0.15, 0.2) is 0 Å². The molecular formula is C38H38F6O2SiZr. The van der Waals surface area contributed by atoms with Gasteiger partial charge in [0, 0.05) is 0 Å². The molecule has 0 spiro atoms. The summed E-state index contributed by atoms with van der Waals surface area (Å²) in [6.45, 7) is 5.78. The number of benzene rings is 4. The molecule has 2 nitrogen and oxygen atoms in total. The molecule has 2 aliphatic carbocycles. The predicted octanol–water partition coefficient (Wildman–Crippen LogP) is 11.5. The van der Waals surface area contributed by atoms with Gasteiger partial charge in [-0.15, -0.1) is 0 Å². The number of alkyl halides is 6. The van der Waals surface area contributed by atoms with Crippen molar-refractivity contribution in [3.63, 3.8) is 0 Å². The van der Waals surface area contributed by atoms with Crippen molar-refractivity contribution in [2.24, 2.45) is 0 Å². The van der Waals surface area contributed by atoms with Crippen LogP contribution in [0.4, 0.5) is 26.3 Å². The van der Waals surface area contributed by atoms with Crippen LogP contribution in [0, 0.1) is 0 Å². The van der Waals surface area contributed by atoms with Gasteiger partial charge in [-0.05, 0) is 0 Å². The Morgan fingerprint density at radius 2 is 0.896 bits per heavy atom. The first kappa shape index (κ1) is 34.5. The molecule has 2 unspecified atom stereocenters. The molecule has 0 aromatic heterocycles. The Morgan fingerprint density at radius 3 is 1.21 bits per heavy atom. The molecule has 0 heterocycles. The third kappa shape index (κ3) is 5.25. The summed E-state index contributed by atoms with van der Waals surface area (Å²) in [6.07, 6.45) is -3.62. The van der Waals surface area contributed by atoms with Gasteiger partial charge in [0.2, 0.25) is 0 Å². The zero-order valence-electron chi connectivity index (χ0n) is 27.3. The number of allylic oxidation sites excluding steroid dienone is 2. The van der Waals surface area contributed by atoms with E-state index in [1.165, 1.54) is 24.3 Å². The van der Waals surface area contributed by atoms with E-state index in [4.69, 9.17) is 5.63 Å². The first-order chi connectivity index (χ1) is 22.3. The Balaban J connectivity index is 1.77. The first-order valence-corrected chi connectivity index (χ1v) is 31.8. The van der Waals surface area contributed by atoms with Crippen molar-refractivity contribution >= 4 is 19.0 Å². The van der Waals surface area contributed by atoms with Gasteiger partial charge in [-0.3, -0.25) is 0 Å². The van der Waals surface area contributed by atoms with Gasteiger partial charge in [0.05, 0.1) is 0 Å². The predicted molar refractivity (Wildman–Crippen MR) is 179 cm³/mol. The Hall–Kier alpha value is -3.36. The molecule has 0 saturated carbocycles. The normalized spacial score (nSPS) is 19.9. The fourth-order valence-corrected chi connectivity index (χ4v) is 40.9. The first-order valence-electron chi connectivity index (χ1n) is 16.1. The standard InChI is InChI=1S/2C11H11.2C7H5F3O.2CH3.H2Si.Zr/c2*1-2-9-7-10-5-3-4-6-11(10)8-9;2*8-7(9,10)5-1-3-6(11)4-2-5;;;;/h2*3-8H,2H2,1H3;2*1-4,11H;2*1H3;1H2;/q;;;;;;;+2/p-2. The Labute approximate surface area is 273 Å². The molecule has 0 saturated heterocycles. The van der Waals surface area contributed by atoms with Gasteiger partial charge in [-0.25, -0.2) is 0 Å². The number of halogens is 6. The number of hydrogen-bond donors (Lipinski definition) is 0. The molecule has 0 amide bonds. The summed E-state index contributed by atoms with van der Waals surface area (Å²) >= 11 is -7.07. The van der Waals surface area contributed by atoms with Crippen molar-refractivity contribution in [1.29, 1.82) is 0 Å². The van der Waals surface area contributed by atoms with Crippen LogP contribution in [0.3, 0.4) is 0 Å². The fraction of sp³-hybridized carbons (Fsp3) is 0.263. The molecule has 4 aromatic rings. The second-order valence-electron chi connectivity index (χ2n) is 15.1. The van der Waals surface area contributed by atoms with Crippen molar-refractivity contribution in [2.45, 2.75) is 55.6 Å². The maximum absolute atomic E-state index is 13.8. The van der Waals surface area contributed by atoms with E-state index in [0.717, 1.165) is 57.7 Å². The molecule has 2 atom stereocenters. The van der Waals surface area contributed by atoms with Gasteiger partial charge in [0.25, 0.3) is 0 Å². The van der Waals surface area contributed by atoms with Gasteiger partial charge < -0.3 is 0 Å². The topological polar surface area (TPSA) is 18.5 Å². The Morgan fingerprint density at radius 1 is 0.562 bits per heavy atom. The fourth-order valence-electron chi connectivity index (χ4n) is 9.04. The summed E-state index contributed by atoms with van der Waals surface area (Å²) in [7, 11) is 0. The third-order valence-corrected chi connectivity index (χ3v) is 37.7. The van der Waals surface area contributed by atoms with E-state index in [1.54, 1.807) is 6.88 Å². The van der Waals surface area contributed by atoms with E-state index in [1.807, 2.05) is 62.4 Å². The van der Waals surface area contributed by atoms with E-state index in [-0.39, 0.29) is 11.5 Å². The van der Waals surface area contributed by atoms with Crippen LogP contribution in [0.5, 0.6) is 11.5 Å². The van der Waals surface area contributed by atoms with E-state index in [9.17, 15) is 26.3 Å². The molecule has 6 rings (SSSR count). The van der Waals surface area contributed by atoms with Crippen molar-refractivity contribution in [1.82, 2.24) is 0 Å². The average molecular weight is 760 g/mol. The van der Waals surface area contributed by atoms with E-state index in [0.29, 0.717) is 12.8 Å². The molecule has 48 heavy (non-hydrogen) atoms. The minimum atomic E-state index is -7.07. The van der Waals surface area contributed by atoms with Crippen LogP contribution >= 0.6 is 0 Å². The molecule has 0 radical (unpaired) electrons. The molecule has 2 aliphatic rings. The molecule has 0 aliphatic heterocycles. The third-order valence-electron chi connectivity index (χ3n) is 10.7. The molecule has 0 N–H and O–H groups in total. The maximum atomic E-state index is 13.8. The summed E-state index contributed by atoms with van der Waals surface area (Å²) in [5.74, 6) is 0.382. The molecule has 10 heteroatoms. The molecular weight excluding hydrogens is 722 g/mol. The molecule has 0 fully saturated rings. The molecule has 4 aromatic carbocycles. The van der Waals surface area contributed by atoms with Gasteiger partial charge in [0.1, 0.15) is 0 Å². The minimum absolute atomic E-state index is 0.191. The summed E-state index contributed by atoms with van der Waals surface area (Å²) in [5, 5.41) is 0. The van der Waals surface area contributed by atoms with Gasteiger partial charge in [-0.2, -0.15) is 0 Å². The monoisotopic (exact) mass is 758 g/mol. The second-order valence-corrected chi connectivity index (χ2v) is 58.2. The number of fused-ring (bicyclic) bond motifs is 2. The van der Waals surface area contributed by atoms with Crippen LogP contribution in [0.25, 0.3) is 12.2 Å². The van der Waals surface area contributed by atoms with Crippen LogP contribution in [0.2, 0.25) is 9.26 Å². The van der Waals surface area contributed by atoms with Gasteiger partial charge in [-0.1, -0.05) is 0 Å². The van der Waals surface area contributed by atoms with Crippen molar-refractivity contribution in [3.05, 3.63) is 142 Å². The SMILES string of the molecule is CCC1=Cc2ccccc2[CH]1[Zr]([CH3])([CH3])(=[SiH2])([O]c1ccc(C(F)(F)F)cc1)([O]c1ccc(C(F)(F)F)cc1)[CH]1C(CC)=Cc2ccccc21. The van der Waals surface area contributed by atoms with Crippen LogP contribution in [0.15, 0.2) is 108 Å². The van der Waals surface area contributed by atoms with Crippen molar-refractivity contribution in [3.8, 4) is 11.5 Å².